The quantitative estimate of drug-likeness (QED) is 0.785. The molecule has 2 aromatic rings. The summed E-state index contributed by atoms with van der Waals surface area (Å²) in [6, 6.07) is 0.497. The van der Waals surface area contributed by atoms with Gasteiger partial charge in [-0.1, -0.05) is 0 Å². The first-order valence-electron chi connectivity index (χ1n) is 5.89. The second-order valence-corrected chi connectivity index (χ2v) is 4.15. The summed E-state index contributed by atoms with van der Waals surface area (Å²) in [5, 5.41) is 15.0. The van der Waals surface area contributed by atoms with Crippen molar-refractivity contribution < 1.29 is 0 Å². The molecule has 1 aliphatic rings. The fourth-order valence-corrected chi connectivity index (χ4v) is 2.37. The van der Waals surface area contributed by atoms with Gasteiger partial charge in [0.05, 0.1) is 12.4 Å². The summed E-state index contributed by atoms with van der Waals surface area (Å²) in [5.41, 5.74) is 0.687. The van der Waals surface area contributed by atoms with Crippen LogP contribution in [0.4, 0.5) is 5.82 Å². The molecule has 0 radical (unpaired) electrons. The Balaban J connectivity index is 2.02. The number of likely N-dealkylation sites (N-methyl/N-ethyl adjacent to an activating group) is 1. The molecule has 0 amide bonds. The van der Waals surface area contributed by atoms with Crippen molar-refractivity contribution in [1.29, 1.82) is 0 Å². The van der Waals surface area contributed by atoms with Crippen molar-refractivity contribution in [3.05, 3.63) is 12.4 Å². The number of anilines is 1. The van der Waals surface area contributed by atoms with Gasteiger partial charge in [-0.25, -0.2) is 0 Å². The smallest absolute Gasteiger partial charge is 0.199 e. The summed E-state index contributed by atoms with van der Waals surface area (Å²) < 4.78 is 1.74. The summed E-state index contributed by atoms with van der Waals surface area (Å²) in [6.45, 7) is 5.14. The third-order valence-electron chi connectivity index (χ3n) is 3.20. The molecule has 90 valence electrons. The first-order chi connectivity index (χ1) is 8.40. The molecule has 3 rings (SSSR count). The highest BCUT2D eigenvalue weighted by Gasteiger charge is 2.23. The molecule has 2 aromatic heterocycles. The van der Waals surface area contributed by atoms with Crippen LogP contribution in [-0.2, 0) is 0 Å². The van der Waals surface area contributed by atoms with E-state index < -0.39 is 0 Å². The van der Waals surface area contributed by atoms with E-state index >= 15 is 0 Å². The van der Waals surface area contributed by atoms with Crippen molar-refractivity contribution in [2.45, 2.75) is 19.4 Å². The molecule has 3 heterocycles. The zero-order valence-electron chi connectivity index (χ0n) is 9.74. The van der Waals surface area contributed by atoms with E-state index in [0.717, 1.165) is 31.9 Å². The minimum Gasteiger partial charge on any atom is -0.351 e. The summed E-state index contributed by atoms with van der Waals surface area (Å²) in [7, 11) is 0. The molecule has 0 bridgehead atoms. The molecule has 17 heavy (non-hydrogen) atoms. The van der Waals surface area contributed by atoms with Crippen LogP contribution in [0.2, 0.25) is 0 Å². The number of tetrazole rings is 1. The maximum Gasteiger partial charge on any atom is 0.199 e. The standard InChI is InChI=1S/C10H15N7/c1-2-16(8-3-4-11-5-8)10-7-12-6-9-13-14-15-17(9)10/h6-8,11H,2-5H2,1H3. The van der Waals surface area contributed by atoms with Gasteiger partial charge < -0.3 is 10.2 Å². The Bertz CT molecular complexity index is 502. The Kier molecular flexibility index (Phi) is 2.60. The van der Waals surface area contributed by atoms with E-state index in [1.165, 1.54) is 0 Å². The topological polar surface area (TPSA) is 71.2 Å². The van der Waals surface area contributed by atoms with Crippen LogP contribution in [0.25, 0.3) is 5.65 Å². The fourth-order valence-electron chi connectivity index (χ4n) is 2.37. The molecular weight excluding hydrogens is 218 g/mol. The zero-order chi connectivity index (χ0) is 11.7. The van der Waals surface area contributed by atoms with Gasteiger partial charge in [0.2, 0.25) is 0 Å². The van der Waals surface area contributed by atoms with E-state index in [-0.39, 0.29) is 0 Å². The lowest BCUT2D eigenvalue weighted by molar-refractivity contribution is 0.626. The van der Waals surface area contributed by atoms with E-state index in [9.17, 15) is 0 Å². The lowest BCUT2D eigenvalue weighted by Gasteiger charge is -2.28. The van der Waals surface area contributed by atoms with Gasteiger partial charge in [-0.2, -0.15) is 4.52 Å². The molecule has 0 aromatic carbocycles. The van der Waals surface area contributed by atoms with Gasteiger partial charge >= 0.3 is 0 Å². The van der Waals surface area contributed by atoms with E-state index in [1.54, 1.807) is 10.7 Å². The number of nitrogens with one attached hydrogen (secondary N) is 1. The van der Waals surface area contributed by atoms with Crippen molar-refractivity contribution in [3.63, 3.8) is 0 Å². The summed E-state index contributed by atoms with van der Waals surface area (Å²) in [6.07, 6.45) is 4.64. The Morgan fingerprint density at radius 1 is 1.53 bits per heavy atom. The maximum atomic E-state index is 4.20. The Morgan fingerprint density at radius 2 is 2.47 bits per heavy atom. The number of rotatable bonds is 3. The Labute approximate surface area is 98.8 Å². The van der Waals surface area contributed by atoms with E-state index in [1.807, 2.05) is 6.20 Å². The predicted molar refractivity (Wildman–Crippen MR) is 62.9 cm³/mol. The van der Waals surface area contributed by atoms with E-state index in [4.69, 9.17) is 0 Å². The van der Waals surface area contributed by atoms with E-state index in [0.29, 0.717) is 11.7 Å². The van der Waals surface area contributed by atoms with Crippen molar-refractivity contribution in [1.82, 2.24) is 30.3 Å². The van der Waals surface area contributed by atoms with Gasteiger partial charge in [-0.05, 0) is 30.3 Å². The van der Waals surface area contributed by atoms with Gasteiger partial charge in [0.25, 0.3) is 0 Å². The SMILES string of the molecule is CCN(c1cncc2nnnn12)C1CCNC1. The van der Waals surface area contributed by atoms with Crippen LogP contribution in [0.3, 0.4) is 0 Å². The average Bonchev–Trinajstić information content (AvgIpc) is 3.00. The first kappa shape index (κ1) is 10.4. The molecular formula is C10H15N7. The van der Waals surface area contributed by atoms with E-state index in [2.05, 4.69) is 37.6 Å². The molecule has 1 aliphatic heterocycles. The lowest BCUT2D eigenvalue weighted by Crippen LogP contribution is -2.38. The summed E-state index contributed by atoms with van der Waals surface area (Å²) in [4.78, 5) is 6.50. The Hall–Kier alpha value is -1.76. The predicted octanol–water partition coefficient (Wildman–Crippen LogP) is -0.293. The molecule has 7 heteroatoms. The molecule has 0 aliphatic carbocycles. The minimum atomic E-state index is 0.497. The lowest BCUT2D eigenvalue weighted by atomic mass is 10.2. The van der Waals surface area contributed by atoms with Gasteiger partial charge in [-0.15, -0.1) is 5.10 Å². The van der Waals surface area contributed by atoms with Crippen LogP contribution in [0.15, 0.2) is 12.4 Å². The number of hydrogen-bond donors (Lipinski definition) is 1. The molecule has 0 saturated carbocycles. The van der Waals surface area contributed by atoms with Crippen molar-refractivity contribution >= 4 is 11.5 Å². The summed E-state index contributed by atoms with van der Waals surface area (Å²) in [5.74, 6) is 0.962. The summed E-state index contributed by atoms with van der Waals surface area (Å²) >= 11 is 0. The van der Waals surface area contributed by atoms with Crippen molar-refractivity contribution in [2.24, 2.45) is 0 Å². The van der Waals surface area contributed by atoms with Crippen LogP contribution in [0, 0.1) is 0 Å². The monoisotopic (exact) mass is 233 g/mol. The molecule has 1 unspecified atom stereocenters. The molecule has 1 atom stereocenters. The van der Waals surface area contributed by atoms with Gasteiger partial charge in [0, 0.05) is 19.1 Å². The van der Waals surface area contributed by atoms with Gasteiger partial charge in [0.15, 0.2) is 11.5 Å². The van der Waals surface area contributed by atoms with Crippen LogP contribution in [-0.4, -0.2) is 50.7 Å². The number of aromatic nitrogens is 5. The van der Waals surface area contributed by atoms with Crippen LogP contribution in [0.5, 0.6) is 0 Å². The first-order valence-corrected chi connectivity index (χ1v) is 5.89. The molecule has 1 N–H and O–H groups in total. The largest absolute Gasteiger partial charge is 0.351 e. The normalized spacial score (nSPS) is 19.9. The van der Waals surface area contributed by atoms with Crippen molar-refractivity contribution in [3.8, 4) is 0 Å². The van der Waals surface area contributed by atoms with Crippen molar-refractivity contribution in [2.75, 3.05) is 24.5 Å². The number of fused-ring (bicyclic) bond motifs is 1. The van der Waals surface area contributed by atoms with Crippen LogP contribution in [0.1, 0.15) is 13.3 Å². The zero-order valence-corrected chi connectivity index (χ0v) is 9.74. The highest BCUT2D eigenvalue weighted by molar-refractivity contribution is 5.46. The number of nitrogens with zero attached hydrogens (tertiary/aromatic N) is 6. The molecule has 1 saturated heterocycles. The minimum absolute atomic E-state index is 0.497. The van der Waals surface area contributed by atoms with Crippen LogP contribution >= 0.6 is 0 Å². The van der Waals surface area contributed by atoms with Gasteiger partial charge in [-0.3, -0.25) is 4.98 Å². The highest BCUT2D eigenvalue weighted by atomic mass is 15.5. The Morgan fingerprint density at radius 3 is 3.24 bits per heavy atom. The van der Waals surface area contributed by atoms with Gasteiger partial charge in [0.1, 0.15) is 0 Å². The third-order valence-corrected chi connectivity index (χ3v) is 3.20. The fraction of sp³-hybridized carbons (Fsp3) is 0.600. The average molecular weight is 233 g/mol. The second-order valence-electron chi connectivity index (χ2n) is 4.15. The highest BCUT2D eigenvalue weighted by Crippen LogP contribution is 2.18. The second kappa shape index (κ2) is 4.25. The molecule has 1 fully saturated rings. The number of hydrogen-bond acceptors (Lipinski definition) is 6. The third kappa shape index (κ3) is 1.72. The van der Waals surface area contributed by atoms with Crippen LogP contribution < -0.4 is 10.2 Å². The molecule has 7 nitrogen and oxygen atoms in total. The maximum absolute atomic E-state index is 4.20. The molecule has 0 spiro atoms.